The summed E-state index contributed by atoms with van der Waals surface area (Å²) in [6.45, 7) is 8.92. The molecule has 9 nitrogen and oxygen atoms in total. The van der Waals surface area contributed by atoms with Crippen LogP contribution in [0.3, 0.4) is 0 Å². The fraction of sp³-hybridized carbons (Fsp3) is 0.423. The van der Waals surface area contributed by atoms with Gasteiger partial charge in [0.25, 0.3) is 10.0 Å². The Hall–Kier alpha value is -3.24. The third-order valence-electron chi connectivity index (χ3n) is 6.65. The molecule has 0 unspecified atom stereocenters. The molecule has 1 saturated heterocycles. The Morgan fingerprint density at radius 2 is 1.81 bits per heavy atom. The fourth-order valence-corrected chi connectivity index (χ4v) is 5.97. The highest BCUT2D eigenvalue weighted by Gasteiger charge is 2.30. The molecule has 1 amide bonds. The molecular formula is C26H34N4O5S. The normalized spacial score (nSPS) is 14.6. The molecule has 194 valence electrons. The predicted molar refractivity (Wildman–Crippen MR) is 141 cm³/mol. The Labute approximate surface area is 212 Å². The van der Waals surface area contributed by atoms with E-state index in [4.69, 9.17) is 9.47 Å². The molecule has 1 aromatic heterocycles. The van der Waals surface area contributed by atoms with Gasteiger partial charge in [-0.25, -0.2) is 12.4 Å². The van der Waals surface area contributed by atoms with E-state index in [2.05, 4.69) is 15.5 Å². The van der Waals surface area contributed by atoms with Crippen molar-refractivity contribution in [3.63, 3.8) is 0 Å². The lowest BCUT2D eigenvalue weighted by molar-refractivity contribution is -0.119. The van der Waals surface area contributed by atoms with Crippen LogP contribution in [0.5, 0.6) is 11.5 Å². The van der Waals surface area contributed by atoms with Crippen molar-refractivity contribution in [2.45, 2.75) is 31.1 Å². The van der Waals surface area contributed by atoms with Crippen LogP contribution in [-0.4, -0.2) is 65.2 Å². The first-order valence-electron chi connectivity index (χ1n) is 11.9. The molecule has 1 aliphatic rings. The number of methoxy groups -OCH3 is 2. The Morgan fingerprint density at radius 1 is 1.08 bits per heavy atom. The number of ether oxygens (including phenoxy) is 2. The minimum Gasteiger partial charge on any atom is -0.497 e. The minimum absolute atomic E-state index is 0.143. The zero-order valence-corrected chi connectivity index (χ0v) is 22.2. The number of hydrogen-bond acceptors (Lipinski definition) is 7. The summed E-state index contributed by atoms with van der Waals surface area (Å²) in [4.78, 5) is 13.9. The maximum atomic E-state index is 14.0. The van der Waals surface area contributed by atoms with Gasteiger partial charge >= 0.3 is 0 Å². The number of rotatable bonds is 8. The van der Waals surface area contributed by atoms with E-state index in [9.17, 15) is 13.2 Å². The van der Waals surface area contributed by atoms with Gasteiger partial charge in [0.2, 0.25) is 5.91 Å². The molecule has 0 bridgehead atoms. The van der Waals surface area contributed by atoms with E-state index in [0.717, 1.165) is 42.8 Å². The van der Waals surface area contributed by atoms with Gasteiger partial charge < -0.3 is 25.0 Å². The molecule has 0 spiro atoms. The number of benzene rings is 2. The summed E-state index contributed by atoms with van der Waals surface area (Å²) in [7, 11) is -0.787. The highest BCUT2D eigenvalue weighted by atomic mass is 32.2. The van der Waals surface area contributed by atoms with Crippen LogP contribution < -0.4 is 25.0 Å². The van der Waals surface area contributed by atoms with Crippen LogP contribution in [0.1, 0.15) is 26.3 Å². The topological polar surface area (TPSA) is 102 Å². The molecule has 0 radical (unpaired) electrons. The SMILES string of the molecule is COc1ccc2c(c1)c(C(C)(C)CNC(C)=O)cn2S(=O)(=O)c1ccc(OC)c(N2CCNCC2)c1. The lowest BCUT2D eigenvalue weighted by Gasteiger charge is -2.30. The Morgan fingerprint density at radius 3 is 2.44 bits per heavy atom. The summed E-state index contributed by atoms with van der Waals surface area (Å²) in [6, 6.07) is 10.3. The molecule has 1 fully saturated rings. The van der Waals surface area contributed by atoms with Gasteiger partial charge in [-0.1, -0.05) is 13.8 Å². The number of nitrogens with zero attached hydrogens (tertiary/aromatic N) is 2. The average molecular weight is 515 g/mol. The average Bonchev–Trinajstić information content (AvgIpc) is 3.28. The van der Waals surface area contributed by atoms with Gasteiger partial charge in [-0.15, -0.1) is 0 Å². The van der Waals surface area contributed by atoms with Gasteiger partial charge in [-0.2, -0.15) is 0 Å². The highest BCUT2D eigenvalue weighted by molar-refractivity contribution is 7.90. The fourth-order valence-electron chi connectivity index (χ4n) is 4.58. The summed E-state index contributed by atoms with van der Waals surface area (Å²) < 4.78 is 40.4. The number of carbonyl (C=O) groups is 1. The van der Waals surface area contributed by atoms with E-state index in [1.54, 1.807) is 50.7 Å². The van der Waals surface area contributed by atoms with Crippen molar-refractivity contribution in [2.75, 3.05) is 51.8 Å². The Balaban J connectivity index is 1.86. The van der Waals surface area contributed by atoms with Gasteiger partial charge in [-0.05, 0) is 42.0 Å². The van der Waals surface area contributed by atoms with E-state index in [1.165, 1.54) is 10.9 Å². The number of hydrogen-bond donors (Lipinski definition) is 2. The van der Waals surface area contributed by atoms with E-state index >= 15 is 0 Å². The lowest BCUT2D eigenvalue weighted by atomic mass is 9.84. The van der Waals surface area contributed by atoms with Crippen LogP contribution in [0, 0.1) is 0 Å². The molecule has 0 saturated carbocycles. The van der Waals surface area contributed by atoms with E-state index in [-0.39, 0.29) is 10.8 Å². The zero-order chi connectivity index (χ0) is 26.1. The van der Waals surface area contributed by atoms with Crippen molar-refractivity contribution >= 4 is 32.5 Å². The van der Waals surface area contributed by atoms with E-state index in [1.807, 2.05) is 19.9 Å². The number of amides is 1. The molecule has 3 aromatic rings. The van der Waals surface area contributed by atoms with Gasteiger partial charge in [0.1, 0.15) is 11.5 Å². The number of aromatic nitrogens is 1. The van der Waals surface area contributed by atoms with Crippen LogP contribution in [-0.2, 0) is 20.2 Å². The van der Waals surface area contributed by atoms with Crippen molar-refractivity contribution in [3.05, 3.63) is 48.2 Å². The molecule has 2 aromatic carbocycles. The Bertz CT molecular complexity index is 1370. The second kappa shape index (κ2) is 10.0. The zero-order valence-electron chi connectivity index (χ0n) is 21.4. The molecule has 10 heteroatoms. The molecule has 2 heterocycles. The van der Waals surface area contributed by atoms with Crippen LogP contribution in [0.25, 0.3) is 10.9 Å². The summed E-state index contributed by atoms with van der Waals surface area (Å²) in [6.07, 6.45) is 1.66. The summed E-state index contributed by atoms with van der Waals surface area (Å²) in [5, 5.41) is 6.93. The molecule has 36 heavy (non-hydrogen) atoms. The van der Waals surface area contributed by atoms with Crippen LogP contribution in [0.15, 0.2) is 47.5 Å². The van der Waals surface area contributed by atoms with E-state index in [0.29, 0.717) is 23.6 Å². The quantitative estimate of drug-likeness (QED) is 0.477. The van der Waals surface area contributed by atoms with Gasteiger partial charge in [0.15, 0.2) is 0 Å². The molecule has 4 rings (SSSR count). The van der Waals surface area contributed by atoms with Gasteiger partial charge in [0, 0.05) is 56.6 Å². The summed E-state index contributed by atoms with van der Waals surface area (Å²) in [5.74, 6) is 1.12. The molecule has 2 N–H and O–H groups in total. The largest absolute Gasteiger partial charge is 0.497 e. The van der Waals surface area contributed by atoms with Gasteiger partial charge in [0.05, 0.1) is 30.3 Å². The first-order valence-corrected chi connectivity index (χ1v) is 13.4. The first kappa shape index (κ1) is 25.8. The van der Waals surface area contributed by atoms with Crippen LogP contribution >= 0.6 is 0 Å². The third-order valence-corrected chi connectivity index (χ3v) is 8.32. The number of carbonyl (C=O) groups excluding carboxylic acids is 1. The van der Waals surface area contributed by atoms with Crippen molar-refractivity contribution in [1.29, 1.82) is 0 Å². The highest BCUT2D eigenvalue weighted by Crippen LogP contribution is 2.37. The summed E-state index contributed by atoms with van der Waals surface area (Å²) in [5.41, 5.74) is 1.55. The lowest BCUT2D eigenvalue weighted by Crippen LogP contribution is -2.43. The molecule has 0 aliphatic carbocycles. The Kier molecular flexibility index (Phi) is 7.19. The van der Waals surface area contributed by atoms with Crippen molar-refractivity contribution in [1.82, 2.24) is 14.6 Å². The number of nitrogens with one attached hydrogen (secondary N) is 2. The summed E-state index contributed by atoms with van der Waals surface area (Å²) >= 11 is 0. The maximum absolute atomic E-state index is 14.0. The van der Waals surface area contributed by atoms with Crippen LogP contribution in [0.4, 0.5) is 5.69 Å². The number of anilines is 1. The second-order valence-electron chi connectivity index (χ2n) is 9.59. The first-order chi connectivity index (χ1) is 17.1. The van der Waals surface area contributed by atoms with E-state index < -0.39 is 15.4 Å². The minimum atomic E-state index is -3.95. The predicted octanol–water partition coefficient (Wildman–Crippen LogP) is 2.72. The van der Waals surface area contributed by atoms with Crippen molar-refractivity contribution in [3.8, 4) is 11.5 Å². The molecular weight excluding hydrogens is 480 g/mol. The number of piperazine rings is 1. The third kappa shape index (κ3) is 4.87. The van der Waals surface area contributed by atoms with Crippen molar-refractivity contribution < 1.29 is 22.7 Å². The number of fused-ring (bicyclic) bond motifs is 1. The smallest absolute Gasteiger partial charge is 0.268 e. The monoisotopic (exact) mass is 514 g/mol. The van der Waals surface area contributed by atoms with Crippen molar-refractivity contribution in [2.24, 2.45) is 0 Å². The van der Waals surface area contributed by atoms with Crippen LogP contribution in [0.2, 0.25) is 0 Å². The molecule has 0 atom stereocenters. The second-order valence-corrected chi connectivity index (χ2v) is 11.4. The maximum Gasteiger partial charge on any atom is 0.268 e. The molecule has 1 aliphatic heterocycles. The van der Waals surface area contributed by atoms with Gasteiger partial charge in [-0.3, -0.25) is 4.79 Å². The standard InChI is InChI=1S/C26H34N4O5S/c1-18(31)28-17-26(2,3)22-16-30(23-8-6-19(34-4)14-21(22)23)36(32,33)20-7-9-25(35-5)24(15-20)29-12-10-27-11-13-29/h6-9,14-16,27H,10-13,17H2,1-5H3,(H,28,31).